The van der Waals surface area contributed by atoms with Crippen LogP contribution in [-0.2, 0) is 5.41 Å². The van der Waals surface area contributed by atoms with Gasteiger partial charge in [-0.15, -0.1) is 0 Å². The van der Waals surface area contributed by atoms with Crippen molar-refractivity contribution in [3.8, 4) is 39.3 Å². The predicted octanol–water partition coefficient (Wildman–Crippen LogP) is 14.4. The van der Waals surface area contributed by atoms with Crippen molar-refractivity contribution in [2.45, 2.75) is 19.3 Å². The Kier molecular flexibility index (Phi) is 7.52. The fourth-order valence-electron chi connectivity index (χ4n) is 9.07. The average Bonchev–Trinajstić information content (AvgIpc) is 3.75. The lowest BCUT2D eigenvalue weighted by atomic mass is 9.81. The lowest BCUT2D eigenvalue weighted by Crippen LogP contribution is -2.15. The summed E-state index contributed by atoms with van der Waals surface area (Å²) in [4.78, 5) is 7.66. The Balaban J connectivity index is 1.06. The summed E-state index contributed by atoms with van der Waals surface area (Å²) in [6, 6.07) is 72.4. The maximum Gasteiger partial charge on any atom is 0.145 e. The van der Waals surface area contributed by atoms with E-state index in [4.69, 9.17) is 4.98 Å². The van der Waals surface area contributed by atoms with Crippen molar-refractivity contribution in [1.29, 1.82) is 0 Å². The lowest BCUT2D eigenvalue weighted by molar-refractivity contribution is 0.662. The summed E-state index contributed by atoms with van der Waals surface area (Å²) in [5.41, 5.74) is 15.2. The molecule has 0 saturated heterocycles. The highest BCUT2D eigenvalue weighted by Crippen LogP contribution is 2.52. The first-order chi connectivity index (χ1) is 28.0. The van der Waals surface area contributed by atoms with Gasteiger partial charge in [-0.05, 0) is 128 Å². The molecule has 1 aliphatic carbocycles. The molecule has 0 bridgehead atoms. The highest BCUT2D eigenvalue weighted by Gasteiger charge is 2.37. The number of rotatable bonds is 6. The molecule has 1 aliphatic rings. The Bertz CT molecular complexity index is 3110. The van der Waals surface area contributed by atoms with E-state index in [2.05, 4.69) is 224 Å². The van der Waals surface area contributed by atoms with Gasteiger partial charge in [-0.1, -0.05) is 141 Å². The molecule has 0 unspecified atom stereocenters. The van der Waals surface area contributed by atoms with E-state index in [9.17, 15) is 0 Å². The van der Waals surface area contributed by atoms with Gasteiger partial charge in [0.2, 0.25) is 0 Å². The average molecular weight is 730 g/mol. The van der Waals surface area contributed by atoms with E-state index in [1.807, 2.05) is 0 Å². The molecule has 1 aromatic heterocycles. The van der Waals surface area contributed by atoms with Crippen LogP contribution >= 0.6 is 0 Å². The minimum atomic E-state index is -0.179. The van der Waals surface area contributed by atoms with Gasteiger partial charge in [0.1, 0.15) is 5.82 Å². The number of hydrogen-bond donors (Lipinski definition) is 0. The van der Waals surface area contributed by atoms with Gasteiger partial charge in [0.15, 0.2) is 0 Å². The number of fused-ring (bicyclic) bond motifs is 7. The summed E-state index contributed by atoms with van der Waals surface area (Å²) in [5, 5.41) is 4.99. The number of para-hydroxylation sites is 2. The number of imidazole rings is 1. The third-order valence-corrected chi connectivity index (χ3v) is 11.9. The molecule has 0 radical (unpaired) electrons. The van der Waals surface area contributed by atoms with Crippen LogP contribution in [0.4, 0.5) is 17.1 Å². The molecular weight excluding hydrogens is 691 g/mol. The van der Waals surface area contributed by atoms with E-state index >= 15 is 0 Å². The van der Waals surface area contributed by atoms with Crippen molar-refractivity contribution in [2.75, 3.05) is 4.90 Å². The molecule has 10 aromatic rings. The summed E-state index contributed by atoms with van der Waals surface area (Å²) in [6.07, 6.45) is 0. The third kappa shape index (κ3) is 5.38. The van der Waals surface area contributed by atoms with E-state index < -0.39 is 0 Å². The second-order valence-electron chi connectivity index (χ2n) is 15.7. The van der Waals surface area contributed by atoms with Crippen LogP contribution < -0.4 is 4.90 Å². The first-order valence-corrected chi connectivity index (χ1v) is 19.7. The second-order valence-corrected chi connectivity index (χ2v) is 15.7. The van der Waals surface area contributed by atoms with Crippen LogP contribution in [-0.4, -0.2) is 9.55 Å². The molecule has 0 atom stereocenters. The van der Waals surface area contributed by atoms with Crippen molar-refractivity contribution < 1.29 is 0 Å². The lowest BCUT2D eigenvalue weighted by Gasteiger charge is -2.26. The van der Waals surface area contributed by atoms with E-state index in [1.54, 1.807) is 0 Å². The number of anilines is 3. The van der Waals surface area contributed by atoms with Crippen LogP contribution in [0.2, 0.25) is 0 Å². The molecule has 3 heteroatoms. The largest absolute Gasteiger partial charge is 0.310 e. The van der Waals surface area contributed by atoms with E-state index in [-0.39, 0.29) is 5.41 Å². The molecule has 3 nitrogen and oxygen atoms in total. The summed E-state index contributed by atoms with van der Waals surface area (Å²) in [5.74, 6) is 0.954. The Morgan fingerprint density at radius 1 is 0.439 bits per heavy atom. The smallest absolute Gasteiger partial charge is 0.145 e. The van der Waals surface area contributed by atoms with Gasteiger partial charge in [-0.3, -0.25) is 4.57 Å². The SMILES string of the molecule is CC1(C)c2cc3ccc4cc(N(c5ccccc5)c5ccc(-c6ccccc6)cc5)ccc4c3cc2-c2cc3c(cc21)nc(-c1ccccc1)n3-c1ccccc1. The normalized spacial score (nSPS) is 12.9. The van der Waals surface area contributed by atoms with Crippen molar-refractivity contribution in [3.63, 3.8) is 0 Å². The van der Waals surface area contributed by atoms with Gasteiger partial charge >= 0.3 is 0 Å². The summed E-state index contributed by atoms with van der Waals surface area (Å²) in [7, 11) is 0. The molecule has 57 heavy (non-hydrogen) atoms. The number of aromatic nitrogens is 2. The molecule has 0 N–H and O–H groups in total. The zero-order valence-corrected chi connectivity index (χ0v) is 31.9. The highest BCUT2D eigenvalue weighted by molar-refractivity contribution is 6.11. The van der Waals surface area contributed by atoms with Crippen LogP contribution in [0.15, 0.2) is 200 Å². The molecular formula is C54H39N3. The second kappa shape index (κ2) is 12.9. The highest BCUT2D eigenvalue weighted by atomic mass is 15.1. The van der Waals surface area contributed by atoms with Crippen LogP contribution in [0.3, 0.4) is 0 Å². The monoisotopic (exact) mass is 729 g/mol. The molecule has 270 valence electrons. The summed E-state index contributed by atoms with van der Waals surface area (Å²) >= 11 is 0. The molecule has 0 aliphatic heterocycles. The first-order valence-electron chi connectivity index (χ1n) is 19.7. The maximum absolute atomic E-state index is 5.30. The molecule has 0 fully saturated rings. The molecule has 0 amide bonds. The van der Waals surface area contributed by atoms with Gasteiger partial charge in [-0.25, -0.2) is 4.98 Å². The molecule has 9 aromatic carbocycles. The quantitative estimate of drug-likeness (QED) is 0.159. The predicted molar refractivity (Wildman–Crippen MR) is 239 cm³/mol. The minimum absolute atomic E-state index is 0.179. The molecule has 0 spiro atoms. The van der Waals surface area contributed by atoms with Crippen molar-refractivity contribution in [3.05, 3.63) is 211 Å². The van der Waals surface area contributed by atoms with Crippen molar-refractivity contribution in [2.24, 2.45) is 0 Å². The van der Waals surface area contributed by atoms with Crippen LogP contribution in [0.5, 0.6) is 0 Å². The zero-order chi connectivity index (χ0) is 38.1. The first kappa shape index (κ1) is 33.1. The van der Waals surface area contributed by atoms with Crippen molar-refractivity contribution >= 4 is 49.6 Å². The standard InChI is InChI=1S/C54H39N3/c1-54(2)49-32-40-24-23-39-31-44(56(41-19-11-5-12-20-41)43-27-25-37(26-28-43)36-15-7-3-8-16-36)29-30-45(39)46(40)33-47(49)48-34-52-51(35-50(48)54)55-53(38-17-9-4-10-18-38)57(52)42-21-13-6-14-22-42/h3-35H,1-2H3. The molecule has 1 heterocycles. The van der Waals surface area contributed by atoms with Crippen molar-refractivity contribution in [1.82, 2.24) is 9.55 Å². The van der Waals surface area contributed by atoms with Crippen LogP contribution in [0, 0.1) is 0 Å². The van der Waals surface area contributed by atoms with Gasteiger partial charge in [0, 0.05) is 33.7 Å². The van der Waals surface area contributed by atoms with Gasteiger partial charge < -0.3 is 4.90 Å². The Labute approximate surface area is 332 Å². The molecule has 0 saturated carbocycles. The molecule has 11 rings (SSSR count). The topological polar surface area (TPSA) is 21.1 Å². The van der Waals surface area contributed by atoms with E-state index in [0.717, 1.165) is 45.2 Å². The van der Waals surface area contributed by atoms with Gasteiger partial charge in [0.25, 0.3) is 0 Å². The minimum Gasteiger partial charge on any atom is -0.310 e. The van der Waals surface area contributed by atoms with Gasteiger partial charge in [-0.2, -0.15) is 0 Å². The number of benzene rings is 9. The van der Waals surface area contributed by atoms with Crippen LogP contribution in [0.25, 0.3) is 71.9 Å². The maximum atomic E-state index is 5.30. The number of nitrogens with zero attached hydrogens (tertiary/aromatic N) is 3. The van der Waals surface area contributed by atoms with Crippen LogP contribution in [0.1, 0.15) is 25.0 Å². The third-order valence-electron chi connectivity index (χ3n) is 11.9. The number of hydrogen-bond acceptors (Lipinski definition) is 2. The Morgan fingerprint density at radius 2 is 0.982 bits per heavy atom. The Morgan fingerprint density at radius 3 is 1.68 bits per heavy atom. The summed E-state index contributed by atoms with van der Waals surface area (Å²) < 4.78 is 2.32. The Hall–Kier alpha value is -7.23. The van der Waals surface area contributed by atoms with Gasteiger partial charge in [0.05, 0.1) is 11.0 Å². The fraction of sp³-hybridized carbons (Fsp3) is 0.0556. The zero-order valence-electron chi connectivity index (χ0n) is 31.9. The van der Waals surface area contributed by atoms with E-state index in [0.29, 0.717) is 0 Å². The van der Waals surface area contributed by atoms with E-state index in [1.165, 1.54) is 54.9 Å². The fourth-order valence-corrected chi connectivity index (χ4v) is 9.07. The summed E-state index contributed by atoms with van der Waals surface area (Å²) in [6.45, 7) is 4.72.